The lowest BCUT2D eigenvalue weighted by Crippen LogP contribution is -2.34. The predicted octanol–water partition coefficient (Wildman–Crippen LogP) is 3.67. The third-order valence-electron chi connectivity index (χ3n) is 4.41. The third-order valence-corrected chi connectivity index (χ3v) is 4.41. The largest absolute Gasteiger partial charge is 0.339 e. The van der Waals surface area contributed by atoms with E-state index in [4.69, 9.17) is 10.3 Å². The number of aromatic nitrogens is 2. The van der Waals surface area contributed by atoms with Crippen LogP contribution in [0.4, 0.5) is 0 Å². The van der Waals surface area contributed by atoms with Crippen LogP contribution >= 0.6 is 0 Å². The van der Waals surface area contributed by atoms with E-state index in [0.717, 1.165) is 11.7 Å². The van der Waals surface area contributed by atoms with Gasteiger partial charge in [-0.2, -0.15) is 4.98 Å². The molecule has 0 aromatic carbocycles. The summed E-state index contributed by atoms with van der Waals surface area (Å²) >= 11 is 0. The molecule has 0 spiro atoms. The smallest absolute Gasteiger partial charge is 0.228 e. The molecule has 1 aromatic rings. The van der Waals surface area contributed by atoms with Crippen LogP contribution in [0.2, 0.25) is 0 Å². The summed E-state index contributed by atoms with van der Waals surface area (Å²) in [6.07, 6.45) is 5.51. The van der Waals surface area contributed by atoms with Crippen molar-refractivity contribution in [2.24, 2.45) is 17.1 Å². The van der Waals surface area contributed by atoms with Gasteiger partial charge in [0.25, 0.3) is 0 Å². The van der Waals surface area contributed by atoms with E-state index < -0.39 is 0 Å². The van der Waals surface area contributed by atoms with Gasteiger partial charge in [-0.1, -0.05) is 25.9 Å². The summed E-state index contributed by atoms with van der Waals surface area (Å²) in [5.41, 5.74) is 6.11. The lowest BCUT2D eigenvalue weighted by molar-refractivity contribution is 0.166. The highest BCUT2D eigenvalue weighted by Gasteiger charge is 2.32. The topological polar surface area (TPSA) is 64.9 Å². The van der Waals surface area contributed by atoms with Crippen molar-refractivity contribution in [2.45, 2.75) is 78.2 Å². The van der Waals surface area contributed by atoms with E-state index >= 15 is 0 Å². The summed E-state index contributed by atoms with van der Waals surface area (Å²) in [6, 6.07) is 0. The highest BCUT2D eigenvalue weighted by molar-refractivity contribution is 5.00. The van der Waals surface area contributed by atoms with Gasteiger partial charge in [0.1, 0.15) is 0 Å². The molecule has 1 saturated carbocycles. The van der Waals surface area contributed by atoms with Gasteiger partial charge in [0, 0.05) is 17.9 Å². The van der Waals surface area contributed by atoms with Gasteiger partial charge in [0.15, 0.2) is 5.82 Å². The van der Waals surface area contributed by atoms with Crippen molar-refractivity contribution in [3.05, 3.63) is 11.7 Å². The van der Waals surface area contributed by atoms with Gasteiger partial charge in [0.05, 0.1) is 0 Å². The predicted molar refractivity (Wildman–Crippen MR) is 80.4 cm³/mol. The van der Waals surface area contributed by atoms with Gasteiger partial charge in [-0.05, 0) is 50.9 Å². The zero-order valence-corrected chi connectivity index (χ0v) is 13.6. The Morgan fingerprint density at radius 3 is 2.20 bits per heavy atom. The summed E-state index contributed by atoms with van der Waals surface area (Å²) in [5.74, 6) is 2.84. The molecule has 1 aliphatic carbocycles. The molecular formula is C16H29N3O. The second-order valence-corrected chi connectivity index (χ2v) is 8.13. The Kier molecular flexibility index (Phi) is 4.24. The van der Waals surface area contributed by atoms with E-state index in [0.29, 0.717) is 23.6 Å². The maximum absolute atomic E-state index is 5.99. The lowest BCUT2D eigenvalue weighted by Gasteiger charge is -2.36. The fraction of sp³-hybridized carbons (Fsp3) is 0.875. The lowest BCUT2D eigenvalue weighted by atomic mass is 9.70. The van der Waals surface area contributed by atoms with Gasteiger partial charge in [-0.3, -0.25) is 0 Å². The van der Waals surface area contributed by atoms with Crippen LogP contribution in [-0.4, -0.2) is 15.7 Å². The molecule has 0 saturated heterocycles. The monoisotopic (exact) mass is 279 g/mol. The minimum absolute atomic E-state index is 0.298. The Labute approximate surface area is 122 Å². The third kappa shape index (κ3) is 4.05. The van der Waals surface area contributed by atoms with Gasteiger partial charge < -0.3 is 10.3 Å². The first-order chi connectivity index (χ1) is 9.15. The summed E-state index contributed by atoms with van der Waals surface area (Å²) < 4.78 is 5.35. The molecule has 0 amide bonds. The Balaban J connectivity index is 1.94. The molecule has 2 rings (SSSR count). The van der Waals surface area contributed by atoms with Crippen LogP contribution in [0.25, 0.3) is 0 Å². The fourth-order valence-corrected chi connectivity index (χ4v) is 3.11. The van der Waals surface area contributed by atoms with Crippen LogP contribution in [0.3, 0.4) is 0 Å². The Morgan fingerprint density at radius 2 is 1.70 bits per heavy atom. The van der Waals surface area contributed by atoms with E-state index in [1.807, 2.05) is 13.8 Å². The second kappa shape index (κ2) is 5.47. The van der Waals surface area contributed by atoms with Crippen LogP contribution in [0.15, 0.2) is 4.52 Å². The molecule has 1 heterocycles. The molecule has 0 bridgehead atoms. The summed E-state index contributed by atoms with van der Waals surface area (Å²) in [4.78, 5) is 4.55. The first kappa shape index (κ1) is 15.5. The zero-order chi connectivity index (χ0) is 15.0. The van der Waals surface area contributed by atoms with Crippen molar-refractivity contribution in [1.29, 1.82) is 0 Å². The zero-order valence-electron chi connectivity index (χ0n) is 13.6. The van der Waals surface area contributed by atoms with Crippen molar-refractivity contribution in [2.75, 3.05) is 0 Å². The van der Waals surface area contributed by atoms with Crippen LogP contribution in [0.5, 0.6) is 0 Å². The van der Waals surface area contributed by atoms with E-state index in [1.54, 1.807) is 0 Å². The van der Waals surface area contributed by atoms with E-state index in [-0.39, 0.29) is 5.54 Å². The molecule has 20 heavy (non-hydrogen) atoms. The van der Waals surface area contributed by atoms with Crippen LogP contribution in [0.1, 0.15) is 77.9 Å². The molecule has 1 fully saturated rings. The minimum Gasteiger partial charge on any atom is -0.339 e. The molecule has 0 aliphatic heterocycles. The summed E-state index contributed by atoms with van der Waals surface area (Å²) in [6.45, 7) is 11.0. The maximum atomic E-state index is 5.99. The Hall–Kier alpha value is -0.900. The van der Waals surface area contributed by atoms with Crippen molar-refractivity contribution < 1.29 is 4.52 Å². The van der Waals surface area contributed by atoms with E-state index in [2.05, 4.69) is 30.9 Å². The molecule has 2 N–H and O–H groups in total. The quantitative estimate of drug-likeness (QED) is 0.916. The number of hydrogen-bond acceptors (Lipinski definition) is 4. The van der Waals surface area contributed by atoms with Crippen molar-refractivity contribution >= 4 is 0 Å². The first-order valence-electron chi connectivity index (χ1n) is 7.76. The van der Waals surface area contributed by atoms with Crippen LogP contribution in [0, 0.1) is 11.3 Å². The first-order valence-corrected chi connectivity index (χ1v) is 7.76. The van der Waals surface area contributed by atoms with Crippen molar-refractivity contribution in [3.8, 4) is 0 Å². The molecule has 4 nitrogen and oxygen atoms in total. The van der Waals surface area contributed by atoms with Gasteiger partial charge in [-0.15, -0.1) is 0 Å². The molecular weight excluding hydrogens is 250 g/mol. The standard InChI is InChI=1S/C16H29N3O/c1-15(2,3)12-8-6-11(7-9-12)14-18-13(20-19-14)10-16(4,5)17/h11-12H,6-10,17H2,1-5H3. The molecule has 0 unspecified atom stereocenters. The Morgan fingerprint density at radius 1 is 1.10 bits per heavy atom. The normalized spacial score (nSPS) is 24.9. The average molecular weight is 279 g/mol. The maximum Gasteiger partial charge on any atom is 0.228 e. The number of hydrogen-bond donors (Lipinski definition) is 1. The number of nitrogens with two attached hydrogens (primary N) is 1. The fourth-order valence-electron chi connectivity index (χ4n) is 3.11. The molecule has 114 valence electrons. The Bertz CT molecular complexity index is 431. The summed E-state index contributed by atoms with van der Waals surface area (Å²) in [7, 11) is 0. The van der Waals surface area contributed by atoms with Gasteiger partial charge in [0.2, 0.25) is 5.89 Å². The van der Waals surface area contributed by atoms with Gasteiger partial charge in [-0.25, -0.2) is 0 Å². The van der Waals surface area contributed by atoms with Crippen molar-refractivity contribution in [1.82, 2.24) is 10.1 Å². The average Bonchev–Trinajstić information content (AvgIpc) is 2.74. The van der Waals surface area contributed by atoms with E-state index in [1.165, 1.54) is 25.7 Å². The second-order valence-electron chi connectivity index (χ2n) is 8.13. The molecule has 1 aliphatic rings. The molecule has 1 aromatic heterocycles. The highest BCUT2D eigenvalue weighted by Crippen LogP contribution is 2.42. The minimum atomic E-state index is -0.298. The highest BCUT2D eigenvalue weighted by atomic mass is 16.5. The molecule has 4 heteroatoms. The van der Waals surface area contributed by atoms with Gasteiger partial charge >= 0.3 is 0 Å². The molecule has 0 atom stereocenters. The van der Waals surface area contributed by atoms with Crippen molar-refractivity contribution in [3.63, 3.8) is 0 Å². The molecule has 0 radical (unpaired) electrons. The number of nitrogens with zero attached hydrogens (tertiary/aromatic N) is 2. The number of rotatable bonds is 3. The van der Waals surface area contributed by atoms with Crippen LogP contribution < -0.4 is 5.73 Å². The SMILES string of the molecule is CC(C)(N)Cc1nc(C2CCC(C(C)(C)C)CC2)no1. The van der Waals surface area contributed by atoms with E-state index in [9.17, 15) is 0 Å². The van der Waals surface area contributed by atoms with Crippen LogP contribution in [-0.2, 0) is 6.42 Å². The summed E-state index contributed by atoms with van der Waals surface area (Å²) in [5, 5.41) is 4.17.